The van der Waals surface area contributed by atoms with Gasteiger partial charge in [-0.1, -0.05) is 18.2 Å². The molecule has 3 nitrogen and oxygen atoms in total. The molecule has 3 aliphatic carbocycles. The first-order valence-electron chi connectivity index (χ1n) is 9.60. The second kappa shape index (κ2) is 5.08. The minimum absolute atomic E-state index is 0.103. The lowest BCUT2D eigenvalue weighted by Gasteiger charge is -2.60. The van der Waals surface area contributed by atoms with Crippen molar-refractivity contribution in [3.05, 3.63) is 34.9 Å². The van der Waals surface area contributed by atoms with Crippen molar-refractivity contribution < 1.29 is 9.90 Å². The van der Waals surface area contributed by atoms with Crippen LogP contribution in [0.5, 0.6) is 0 Å². The van der Waals surface area contributed by atoms with E-state index in [1.54, 1.807) is 5.56 Å². The summed E-state index contributed by atoms with van der Waals surface area (Å²) < 4.78 is 0. The number of nitrogens with zero attached hydrogens (tertiary/aromatic N) is 1. The molecule has 1 N–H and O–H groups in total. The molecule has 1 amide bonds. The highest BCUT2D eigenvalue weighted by atomic mass is 16.3. The Morgan fingerprint density at radius 3 is 2.50 bits per heavy atom. The Morgan fingerprint density at radius 1 is 1.17 bits per heavy atom. The van der Waals surface area contributed by atoms with Crippen LogP contribution in [-0.2, 0) is 4.79 Å². The minimum atomic E-state index is -0.232. The van der Waals surface area contributed by atoms with Gasteiger partial charge in [0.25, 0.3) is 0 Å². The molecule has 0 radical (unpaired) electrons. The lowest BCUT2D eigenvalue weighted by Crippen LogP contribution is -2.64. The highest BCUT2D eigenvalue weighted by molar-refractivity contribution is 5.81. The number of aliphatic hydroxyl groups excluding tert-OH is 1. The van der Waals surface area contributed by atoms with Crippen molar-refractivity contribution >= 4 is 5.91 Å². The van der Waals surface area contributed by atoms with Crippen molar-refractivity contribution in [1.29, 1.82) is 0 Å². The van der Waals surface area contributed by atoms with E-state index in [9.17, 15) is 9.90 Å². The van der Waals surface area contributed by atoms with E-state index in [1.807, 2.05) is 4.90 Å². The molecule has 1 saturated heterocycles. The van der Waals surface area contributed by atoms with E-state index in [4.69, 9.17) is 0 Å². The van der Waals surface area contributed by atoms with Crippen LogP contribution in [0.1, 0.15) is 67.1 Å². The number of likely N-dealkylation sites (tertiary alicyclic amines) is 1. The lowest BCUT2D eigenvalue weighted by atomic mass is 9.55. The largest absolute Gasteiger partial charge is 0.393 e. The van der Waals surface area contributed by atoms with Crippen LogP contribution in [0.2, 0.25) is 0 Å². The molecule has 0 atom stereocenters. The molecule has 3 saturated carbocycles. The summed E-state index contributed by atoms with van der Waals surface area (Å²) >= 11 is 0. The first kappa shape index (κ1) is 14.9. The van der Waals surface area contributed by atoms with Crippen molar-refractivity contribution in [2.24, 2.45) is 11.3 Å². The van der Waals surface area contributed by atoms with Gasteiger partial charge >= 0.3 is 0 Å². The zero-order valence-electron chi connectivity index (χ0n) is 14.5. The van der Waals surface area contributed by atoms with E-state index in [2.05, 4.69) is 25.1 Å². The molecule has 4 fully saturated rings. The summed E-state index contributed by atoms with van der Waals surface area (Å²) in [6, 6.07) is 7.12. The van der Waals surface area contributed by atoms with Crippen LogP contribution >= 0.6 is 0 Å². The van der Waals surface area contributed by atoms with E-state index in [-0.39, 0.29) is 12.0 Å². The standard InChI is InChI=1S/C21H27NO2/c1-13-2-3-15(8-19(13)14-4-5-14)17-9-21(10-17)11-22(12-21)20(24)16-6-18(23)7-16/h2-3,8,14,16-18,23H,4-7,9-12H2,1H3/t16-,18+. The summed E-state index contributed by atoms with van der Waals surface area (Å²) in [7, 11) is 0. The van der Waals surface area contributed by atoms with Gasteiger partial charge in [-0.05, 0) is 74.0 Å². The fraction of sp³-hybridized carbons (Fsp3) is 0.667. The second-order valence-electron chi connectivity index (χ2n) is 9.01. The zero-order chi connectivity index (χ0) is 16.5. The van der Waals surface area contributed by atoms with Gasteiger partial charge in [-0.15, -0.1) is 0 Å². The summed E-state index contributed by atoms with van der Waals surface area (Å²) in [5.74, 6) is 1.92. The molecule has 3 heteroatoms. The van der Waals surface area contributed by atoms with Gasteiger partial charge in [0.1, 0.15) is 0 Å². The Morgan fingerprint density at radius 2 is 1.88 bits per heavy atom. The van der Waals surface area contributed by atoms with E-state index >= 15 is 0 Å². The molecular formula is C21H27NO2. The molecule has 1 aromatic rings. The second-order valence-corrected chi connectivity index (χ2v) is 9.01. The highest BCUT2D eigenvalue weighted by Gasteiger charge is 2.55. The van der Waals surface area contributed by atoms with Crippen LogP contribution < -0.4 is 0 Å². The van der Waals surface area contributed by atoms with Gasteiger partial charge in [0, 0.05) is 24.4 Å². The van der Waals surface area contributed by atoms with Crippen molar-refractivity contribution in [3.63, 3.8) is 0 Å². The van der Waals surface area contributed by atoms with E-state index in [1.165, 1.54) is 36.8 Å². The van der Waals surface area contributed by atoms with Gasteiger partial charge in [0.2, 0.25) is 5.91 Å². The molecule has 128 valence electrons. The van der Waals surface area contributed by atoms with Crippen LogP contribution in [0.25, 0.3) is 0 Å². The van der Waals surface area contributed by atoms with E-state index in [0.29, 0.717) is 30.1 Å². The molecule has 1 spiro atoms. The van der Waals surface area contributed by atoms with Crippen LogP contribution in [0.15, 0.2) is 18.2 Å². The number of amides is 1. The number of aryl methyl sites for hydroxylation is 1. The van der Waals surface area contributed by atoms with Crippen molar-refractivity contribution in [2.75, 3.05) is 13.1 Å². The fourth-order valence-corrected chi connectivity index (χ4v) is 5.19. The van der Waals surface area contributed by atoms with Crippen molar-refractivity contribution in [3.8, 4) is 0 Å². The fourth-order valence-electron chi connectivity index (χ4n) is 5.19. The molecule has 1 aliphatic heterocycles. The van der Waals surface area contributed by atoms with Crippen LogP contribution in [0.3, 0.4) is 0 Å². The monoisotopic (exact) mass is 325 g/mol. The number of hydrogen-bond donors (Lipinski definition) is 1. The maximum absolute atomic E-state index is 12.3. The number of carbonyl (C=O) groups excluding carboxylic acids is 1. The van der Waals surface area contributed by atoms with Crippen LogP contribution in [-0.4, -0.2) is 35.1 Å². The molecule has 4 aliphatic rings. The SMILES string of the molecule is Cc1ccc(C2CC3(C2)CN(C(=O)[C@H]2C[C@@H](O)C2)C3)cc1C1CC1. The van der Waals surface area contributed by atoms with Gasteiger partial charge < -0.3 is 10.0 Å². The summed E-state index contributed by atoms with van der Waals surface area (Å²) in [4.78, 5) is 14.4. The number of rotatable bonds is 3. The molecular weight excluding hydrogens is 298 g/mol. The van der Waals surface area contributed by atoms with Gasteiger partial charge in [0.15, 0.2) is 0 Å². The topological polar surface area (TPSA) is 40.5 Å². The Bertz CT molecular complexity index is 673. The number of benzene rings is 1. The molecule has 1 aromatic carbocycles. The molecule has 0 aromatic heterocycles. The predicted molar refractivity (Wildman–Crippen MR) is 92.9 cm³/mol. The summed E-state index contributed by atoms with van der Waals surface area (Å²) in [6.45, 7) is 4.15. The summed E-state index contributed by atoms with van der Waals surface area (Å²) in [6.07, 6.45) is 6.35. The smallest absolute Gasteiger partial charge is 0.225 e. The number of hydrogen-bond acceptors (Lipinski definition) is 2. The van der Waals surface area contributed by atoms with Crippen molar-refractivity contribution in [2.45, 2.75) is 63.4 Å². The van der Waals surface area contributed by atoms with E-state index < -0.39 is 0 Å². The van der Waals surface area contributed by atoms with Gasteiger partial charge in [-0.25, -0.2) is 0 Å². The van der Waals surface area contributed by atoms with Crippen LogP contribution in [0.4, 0.5) is 0 Å². The van der Waals surface area contributed by atoms with Gasteiger partial charge in [-0.2, -0.15) is 0 Å². The Balaban J connectivity index is 1.18. The van der Waals surface area contributed by atoms with E-state index in [0.717, 1.165) is 19.0 Å². The third kappa shape index (κ3) is 2.32. The molecule has 1 heterocycles. The third-order valence-electron chi connectivity index (χ3n) is 6.98. The maximum Gasteiger partial charge on any atom is 0.225 e. The first-order chi connectivity index (χ1) is 11.5. The Hall–Kier alpha value is -1.35. The maximum atomic E-state index is 12.3. The first-order valence-corrected chi connectivity index (χ1v) is 9.60. The molecule has 5 rings (SSSR count). The average Bonchev–Trinajstić information content (AvgIpc) is 3.26. The number of carbonyl (C=O) groups is 1. The number of aliphatic hydroxyl groups is 1. The van der Waals surface area contributed by atoms with Gasteiger partial charge in [0.05, 0.1) is 6.10 Å². The predicted octanol–water partition coefficient (Wildman–Crippen LogP) is 3.35. The summed E-state index contributed by atoms with van der Waals surface area (Å²) in [5.41, 5.74) is 4.98. The average molecular weight is 325 g/mol. The van der Waals surface area contributed by atoms with Gasteiger partial charge in [-0.3, -0.25) is 4.79 Å². The zero-order valence-corrected chi connectivity index (χ0v) is 14.5. The quantitative estimate of drug-likeness (QED) is 0.926. The summed E-state index contributed by atoms with van der Waals surface area (Å²) in [5, 5.41) is 9.38. The molecule has 24 heavy (non-hydrogen) atoms. The minimum Gasteiger partial charge on any atom is -0.393 e. The molecule has 0 bridgehead atoms. The normalized spacial score (nSPS) is 31.3. The Kier molecular flexibility index (Phi) is 3.16. The highest BCUT2D eigenvalue weighted by Crippen LogP contribution is 2.57. The third-order valence-corrected chi connectivity index (χ3v) is 6.98. The Labute approximate surface area is 144 Å². The molecule has 0 unspecified atom stereocenters. The lowest BCUT2D eigenvalue weighted by molar-refractivity contribution is -0.162. The van der Waals surface area contributed by atoms with Crippen LogP contribution in [0, 0.1) is 18.3 Å². The van der Waals surface area contributed by atoms with Crippen molar-refractivity contribution in [1.82, 2.24) is 4.90 Å².